The molecule has 1 aromatic rings. The smallest absolute Gasteiger partial charge is 0.372 e. The van der Waals surface area contributed by atoms with Gasteiger partial charge in [0, 0.05) is 19.1 Å². The lowest BCUT2D eigenvalue weighted by molar-refractivity contribution is -0.385. The van der Waals surface area contributed by atoms with E-state index in [2.05, 4.69) is 9.97 Å². The van der Waals surface area contributed by atoms with Crippen LogP contribution in [0.1, 0.15) is 6.42 Å². The summed E-state index contributed by atoms with van der Waals surface area (Å²) in [4.78, 5) is 20.0. The van der Waals surface area contributed by atoms with Crippen molar-refractivity contribution in [2.24, 2.45) is 5.73 Å². The predicted octanol–water partition coefficient (Wildman–Crippen LogP) is -0.0692. The molecule has 0 aliphatic carbocycles. The minimum atomic E-state index is -0.530. The summed E-state index contributed by atoms with van der Waals surface area (Å²) in [6.07, 6.45) is 2.05. The Kier molecular flexibility index (Phi) is 3.05. The number of nitro groups is 1. The summed E-state index contributed by atoms with van der Waals surface area (Å²) >= 11 is 0. The molecule has 2 heterocycles. The van der Waals surface area contributed by atoms with Gasteiger partial charge in [0.05, 0.1) is 12.0 Å². The maximum atomic E-state index is 11.0. The molecular weight excluding hydrogens is 226 g/mol. The van der Waals surface area contributed by atoms with E-state index in [4.69, 9.17) is 10.5 Å². The Morgan fingerprint density at radius 3 is 2.94 bits per heavy atom. The molecule has 92 valence electrons. The second-order valence-corrected chi connectivity index (χ2v) is 3.81. The van der Waals surface area contributed by atoms with Crippen molar-refractivity contribution in [2.75, 3.05) is 25.1 Å². The second-order valence-electron chi connectivity index (χ2n) is 3.81. The van der Waals surface area contributed by atoms with Gasteiger partial charge in [-0.1, -0.05) is 0 Å². The van der Waals surface area contributed by atoms with E-state index in [1.165, 1.54) is 13.4 Å². The lowest BCUT2D eigenvalue weighted by Gasteiger charge is -2.16. The zero-order valence-electron chi connectivity index (χ0n) is 9.37. The number of hydrogen-bond donors (Lipinski definition) is 1. The van der Waals surface area contributed by atoms with Crippen LogP contribution in [0.15, 0.2) is 6.33 Å². The Morgan fingerprint density at radius 2 is 2.41 bits per heavy atom. The first-order valence-electron chi connectivity index (χ1n) is 5.17. The van der Waals surface area contributed by atoms with Crippen LogP contribution in [0, 0.1) is 10.1 Å². The molecule has 8 heteroatoms. The van der Waals surface area contributed by atoms with Gasteiger partial charge in [0.15, 0.2) is 0 Å². The van der Waals surface area contributed by atoms with Crippen molar-refractivity contribution in [3.05, 3.63) is 16.4 Å². The number of anilines is 1. The van der Waals surface area contributed by atoms with E-state index in [9.17, 15) is 10.1 Å². The molecule has 1 aliphatic heterocycles. The van der Waals surface area contributed by atoms with Crippen LogP contribution in [0.5, 0.6) is 5.88 Å². The molecule has 17 heavy (non-hydrogen) atoms. The van der Waals surface area contributed by atoms with Crippen molar-refractivity contribution in [1.29, 1.82) is 0 Å². The lowest BCUT2D eigenvalue weighted by Crippen LogP contribution is -2.27. The number of rotatable bonds is 3. The molecule has 0 amide bonds. The molecule has 0 aromatic carbocycles. The fourth-order valence-corrected chi connectivity index (χ4v) is 1.87. The summed E-state index contributed by atoms with van der Waals surface area (Å²) in [6, 6.07) is 0.0237. The quantitative estimate of drug-likeness (QED) is 0.581. The van der Waals surface area contributed by atoms with Crippen LogP contribution in [-0.2, 0) is 0 Å². The molecule has 1 aliphatic rings. The molecule has 0 spiro atoms. The number of nitrogens with zero attached hydrogens (tertiary/aromatic N) is 4. The number of methoxy groups -OCH3 is 1. The van der Waals surface area contributed by atoms with Crippen LogP contribution in [0.4, 0.5) is 11.5 Å². The summed E-state index contributed by atoms with van der Waals surface area (Å²) in [5.41, 5.74) is 5.57. The topological polar surface area (TPSA) is 107 Å². The summed E-state index contributed by atoms with van der Waals surface area (Å²) in [5, 5.41) is 11.0. The van der Waals surface area contributed by atoms with Crippen molar-refractivity contribution >= 4 is 11.5 Å². The van der Waals surface area contributed by atoms with E-state index in [0.717, 1.165) is 6.42 Å². The Bertz CT molecular complexity index is 439. The standard InChI is InChI=1S/C9H13N5O3/c1-17-9-7(14(15)16)8(11-5-12-9)13-3-2-6(10)4-13/h5-6H,2-4,10H2,1H3. The maximum absolute atomic E-state index is 11.0. The monoisotopic (exact) mass is 239 g/mol. The van der Waals surface area contributed by atoms with Gasteiger partial charge in [-0.25, -0.2) is 4.98 Å². The Balaban J connectivity index is 2.42. The first-order chi connectivity index (χ1) is 8.13. The SMILES string of the molecule is COc1ncnc(N2CCC(N)C2)c1[N+](=O)[O-]. The first kappa shape index (κ1) is 11.5. The van der Waals surface area contributed by atoms with Crippen LogP contribution >= 0.6 is 0 Å². The van der Waals surface area contributed by atoms with Crippen LogP contribution in [0.2, 0.25) is 0 Å². The molecule has 1 fully saturated rings. The minimum Gasteiger partial charge on any atom is -0.476 e. The van der Waals surface area contributed by atoms with Crippen molar-refractivity contribution in [3.63, 3.8) is 0 Å². The second kappa shape index (κ2) is 4.50. The van der Waals surface area contributed by atoms with E-state index < -0.39 is 4.92 Å². The maximum Gasteiger partial charge on any atom is 0.372 e. The molecule has 2 rings (SSSR count). The molecule has 1 saturated heterocycles. The Morgan fingerprint density at radius 1 is 1.65 bits per heavy atom. The Labute approximate surface area is 97.6 Å². The highest BCUT2D eigenvalue weighted by Gasteiger charge is 2.31. The van der Waals surface area contributed by atoms with Gasteiger partial charge < -0.3 is 15.4 Å². The van der Waals surface area contributed by atoms with Crippen molar-refractivity contribution < 1.29 is 9.66 Å². The molecule has 1 atom stereocenters. The summed E-state index contributed by atoms with van der Waals surface area (Å²) in [6.45, 7) is 1.21. The van der Waals surface area contributed by atoms with Crippen LogP contribution < -0.4 is 15.4 Å². The number of nitrogens with two attached hydrogens (primary N) is 1. The van der Waals surface area contributed by atoms with E-state index in [1.807, 2.05) is 0 Å². The molecular formula is C9H13N5O3. The highest BCUT2D eigenvalue weighted by Crippen LogP contribution is 2.34. The summed E-state index contributed by atoms with van der Waals surface area (Å²) in [5.74, 6) is 0.246. The van der Waals surface area contributed by atoms with Crippen molar-refractivity contribution in [1.82, 2.24) is 9.97 Å². The largest absolute Gasteiger partial charge is 0.476 e. The summed E-state index contributed by atoms with van der Waals surface area (Å²) < 4.78 is 4.88. The number of ether oxygens (including phenoxy) is 1. The molecule has 0 radical (unpaired) electrons. The lowest BCUT2D eigenvalue weighted by atomic mass is 10.3. The third-order valence-corrected chi connectivity index (χ3v) is 2.67. The van der Waals surface area contributed by atoms with Gasteiger partial charge >= 0.3 is 5.69 Å². The van der Waals surface area contributed by atoms with Crippen LogP contribution in [-0.4, -0.2) is 41.1 Å². The fraction of sp³-hybridized carbons (Fsp3) is 0.556. The van der Waals surface area contributed by atoms with Crippen LogP contribution in [0.25, 0.3) is 0 Å². The van der Waals surface area contributed by atoms with E-state index in [0.29, 0.717) is 13.1 Å². The Hall–Kier alpha value is -1.96. The average molecular weight is 239 g/mol. The normalized spacial score (nSPS) is 19.4. The molecule has 0 saturated carbocycles. The third kappa shape index (κ3) is 2.11. The van der Waals surface area contributed by atoms with E-state index in [1.54, 1.807) is 4.90 Å². The van der Waals surface area contributed by atoms with Gasteiger partial charge in [0.2, 0.25) is 5.82 Å². The predicted molar refractivity (Wildman–Crippen MR) is 60.0 cm³/mol. The van der Waals surface area contributed by atoms with Gasteiger partial charge in [-0.3, -0.25) is 10.1 Å². The van der Waals surface area contributed by atoms with Gasteiger partial charge in [0.25, 0.3) is 5.88 Å². The van der Waals surface area contributed by atoms with E-state index >= 15 is 0 Å². The minimum absolute atomic E-state index is 0.0237. The van der Waals surface area contributed by atoms with Gasteiger partial charge in [0.1, 0.15) is 6.33 Å². The number of aromatic nitrogens is 2. The third-order valence-electron chi connectivity index (χ3n) is 2.67. The summed E-state index contributed by atoms with van der Waals surface area (Å²) in [7, 11) is 1.34. The number of hydrogen-bond acceptors (Lipinski definition) is 7. The van der Waals surface area contributed by atoms with Gasteiger partial charge in [-0.05, 0) is 6.42 Å². The van der Waals surface area contributed by atoms with Crippen LogP contribution in [0.3, 0.4) is 0 Å². The zero-order chi connectivity index (χ0) is 12.4. The van der Waals surface area contributed by atoms with Gasteiger partial charge in [-0.15, -0.1) is 0 Å². The first-order valence-corrected chi connectivity index (χ1v) is 5.17. The van der Waals surface area contributed by atoms with Gasteiger partial charge in [-0.2, -0.15) is 4.98 Å². The highest BCUT2D eigenvalue weighted by atomic mass is 16.6. The molecule has 1 unspecified atom stereocenters. The van der Waals surface area contributed by atoms with Crippen molar-refractivity contribution in [2.45, 2.75) is 12.5 Å². The molecule has 8 nitrogen and oxygen atoms in total. The van der Waals surface area contributed by atoms with E-state index in [-0.39, 0.29) is 23.4 Å². The zero-order valence-corrected chi connectivity index (χ0v) is 9.37. The van der Waals surface area contributed by atoms with Crippen molar-refractivity contribution in [3.8, 4) is 5.88 Å². The fourth-order valence-electron chi connectivity index (χ4n) is 1.87. The molecule has 0 bridgehead atoms. The highest BCUT2D eigenvalue weighted by molar-refractivity contribution is 5.63. The molecule has 1 aromatic heterocycles. The average Bonchev–Trinajstić information content (AvgIpc) is 2.74. The molecule has 2 N–H and O–H groups in total.